The molecular formula is C10H7N3O3. The summed E-state index contributed by atoms with van der Waals surface area (Å²) < 4.78 is 4.84. The van der Waals surface area contributed by atoms with Crippen LogP contribution >= 0.6 is 0 Å². The van der Waals surface area contributed by atoms with Crippen LogP contribution in [0, 0.1) is 32.8 Å². The highest BCUT2D eigenvalue weighted by Gasteiger charge is 2.21. The lowest BCUT2D eigenvalue weighted by molar-refractivity contribution is -0.385. The van der Waals surface area contributed by atoms with Crippen molar-refractivity contribution in [3.8, 4) is 17.9 Å². The number of nitriles is 2. The van der Waals surface area contributed by atoms with Gasteiger partial charge in [0.1, 0.15) is 11.6 Å². The first-order valence-corrected chi connectivity index (χ1v) is 4.27. The normalized spacial score (nSPS) is 8.94. The summed E-state index contributed by atoms with van der Waals surface area (Å²) in [6, 6.07) is 6.32. The van der Waals surface area contributed by atoms with Crippen molar-refractivity contribution in [2.75, 3.05) is 7.11 Å². The summed E-state index contributed by atoms with van der Waals surface area (Å²) in [6.07, 6.45) is 0.0112. The smallest absolute Gasteiger partial charge is 0.312 e. The van der Waals surface area contributed by atoms with Gasteiger partial charge in [-0.2, -0.15) is 10.5 Å². The van der Waals surface area contributed by atoms with E-state index < -0.39 is 4.92 Å². The quantitative estimate of drug-likeness (QED) is 0.564. The Kier molecular flexibility index (Phi) is 3.41. The molecule has 0 N–H and O–H groups in total. The zero-order valence-electron chi connectivity index (χ0n) is 8.43. The molecule has 0 aromatic heterocycles. The third-order valence-corrected chi connectivity index (χ3v) is 2.01. The van der Waals surface area contributed by atoms with Crippen molar-refractivity contribution < 1.29 is 9.66 Å². The Morgan fingerprint density at radius 2 is 2.19 bits per heavy atom. The van der Waals surface area contributed by atoms with Crippen molar-refractivity contribution in [1.29, 1.82) is 10.5 Å². The van der Waals surface area contributed by atoms with Crippen LogP contribution in [-0.4, -0.2) is 12.0 Å². The van der Waals surface area contributed by atoms with E-state index in [1.165, 1.54) is 19.2 Å². The topological polar surface area (TPSA) is 99.9 Å². The number of benzene rings is 1. The Morgan fingerprint density at radius 1 is 1.50 bits per heavy atom. The summed E-state index contributed by atoms with van der Waals surface area (Å²) in [5, 5.41) is 28.1. The summed E-state index contributed by atoms with van der Waals surface area (Å²) >= 11 is 0. The van der Waals surface area contributed by atoms with Crippen LogP contribution in [0.5, 0.6) is 5.75 Å². The van der Waals surface area contributed by atoms with Crippen molar-refractivity contribution in [3.63, 3.8) is 0 Å². The van der Waals surface area contributed by atoms with E-state index >= 15 is 0 Å². The van der Waals surface area contributed by atoms with E-state index in [1.807, 2.05) is 12.1 Å². The van der Waals surface area contributed by atoms with E-state index in [0.717, 1.165) is 0 Å². The first-order valence-electron chi connectivity index (χ1n) is 4.27. The minimum absolute atomic E-state index is 0.0112. The average Bonchev–Trinajstić information content (AvgIpc) is 2.28. The van der Waals surface area contributed by atoms with E-state index in [2.05, 4.69) is 0 Å². The maximum Gasteiger partial charge on any atom is 0.312 e. The second-order valence-electron chi connectivity index (χ2n) is 2.86. The summed E-state index contributed by atoms with van der Waals surface area (Å²) in [7, 11) is 1.25. The van der Waals surface area contributed by atoms with Crippen LogP contribution in [0.1, 0.15) is 11.1 Å². The van der Waals surface area contributed by atoms with Gasteiger partial charge in [-0.25, -0.2) is 0 Å². The fourth-order valence-electron chi connectivity index (χ4n) is 1.32. The SMILES string of the molecule is COc1c([N+](=O)[O-])ccc(CC#N)c1C#N. The van der Waals surface area contributed by atoms with Gasteiger partial charge >= 0.3 is 5.69 Å². The van der Waals surface area contributed by atoms with Crippen LogP contribution in [0.15, 0.2) is 12.1 Å². The summed E-state index contributed by atoms with van der Waals surface area (Å²) in [5.41, 5.74) is 0.187. The van der Waals surface area contributed by atoms with Crippen molar-refractivity contribution in [3.05, 3.63) is 33.4 Å². The van der Waals surface area contributed by atoms with Crippen LogP contribution in [-0.2, 0) is 6.42 Å². The van der Waals surface area contributed by atoms with Crippen LogP contribution in [0.2, 0.25) is 0 Å². The number of hydrogen-bond donors (Lipinski definition) is 0. The lowest BCUT2D eigenvalue weighted by Gasteiger charge is -2.06. The second-order valence-corrected chi connectivity index (χ2v) is 2.86. The predicted octanol–water partition coefficient (Wildman–Crippen LogP) is 1.54. The van der Waals surface area contributed by atoms with Gasteiger partial charge in [0.15, 0.2) is 0 Å². The Balaban J connectivity index is 3.48. The predicted molar refractivity (Wildman–Crippen MR) is 53.7 cm³/mol. The molecule has 0 bridgehead atoms. The third kappa shape index (κ3) is 1.91. The van der Waals surface area contributed by atoms with Gasteiger partial charge in [-0.05, 0) is 11.6 Å². The van der Waals surface area contributed by atoms with Gasteiger partial charge in [-0.3, -0.25) is 10.1 Å². The molecule has 80 valence electrons. The molecule has 1 rings (SSSR count). The Morgan fingerprint density at radius 3 is 2.62 bits per heavy atom. The number of nitro groups is 1. The molecule has 0 aliphatic carbocycles. The summed E-state index contributed by atoms with van der Waals surface area (Å²) in [4.78, 5) is 10.0. The molecule has 1 aromatic rings. The van der Waals surface area contributed by atoms with E-state index in [0.29, 0.717) is 5.56 Å². The molecule has 0 aliphatic rings. The van der Waals surface area contributed by atoms with Crippen LogP contribution in [0.4, 0.5) is 5.69 Å². The second kappa shape index (κ2) is 4.76. The maximum absolute atomic E-state index is 10.7. The van der Waals surface area contributed by atoms with E-state index in [1.54, 1.807) is 0 Å². The van der Waals surface area contributed by atoms with Gasteiger partial charge in [0.2, 0.25) is 5.75 Å². The minimum Gasteiger partial charge on any atom is -0.489 e. The van der Waals surface area contributed by atoms with Gasteiger partial charge in [0.05, 0.1) is 24.5 Å². The van der Waals surface area contributed by atoms with Crippen molar-refractivity contribution in [2.45, 2.75) is 6.42 Å². The number of ether oxygens (including phenoxy) is 1. The number of nitro benzene ring substituents is 1. The minimum atomic E-state index is -0.629. The molecule has 6 nitrogen and oxygen atoms in total. The number of hydrogen-bond acceptors (Lipinski definition) is 5. The first-order chi connectivity index (χ1) is 7.65. The van der Waals surface area contributed by atoms with E-state index in [-0.39, 0.29) is 23.4 Å². The molecule has 0 heterocycles. The molecule has 0 unspecified atom stereocenters. The lowest BCUT2D eigenvalue weighted by atomic mass is 10.0. The molecular weight excluding hydrogens is 210 g/mol. The maximum atomic E-state index is 10.7. The highest BCUT2D eigenvalue weighted by atomic mass is 16.6. The number of methoxy groups -OCH3 is 1. The number of nitrogens with zero attached hydrogens (tertiary/aromatic N) is 3. The molecule has 0 atom stereocenters. The molecule has 0 saturated carbocycles. The molecule has 0 amide bonds. The molecule has 0 radical (unpaired) electrons. The van der Waals surface area contributed by atoms with Gasteiger partial charge in [-0.1, -0.05) is 0 Å². The molecule has 0 fully saturated rings. The van der Waals surface area contributed by atoms with E-state index in [4.69, 9.17) is 15.3 Å². The zero-order chi connectivity index (χ0) is 12.1. The fourth-order valence-corrected chi connectivity index (χ4v) is 1.32. The van der Waals surface area contributed by atoms with Gasteiger partial charge < -0.3 is 4.74 Å². The van der Waals surface area contributed by atoms with Crippen molar-refractivity contribution in [1.82, 2.24) is 0 Å². The number of rotatable bonds is 3. The van der Waals surface area contributed by atoms with E-state index in [9.17, 15) is 10.1 Å². The first kappa shape index (κ1) is 11.5. The summed E-state index contributed by atoms with van der Waals surface area (Å²) in [6.45, 7) is 0. The molecule has 6 heteroatoms. The largest absolute Gasteiger partial charge is 0.489 e. The van der Waals surface area contributed by atoms with Crippen LogP contribution in [0.25, 0.3) is 0 Å². The zero-order valence-corrected chi connectivity index (χ0v) is 8.43. The fraction of sp³-hybridized carbons (Fsp3) is 0.200. The third-order valence-electron chi connectivity index (χ3n) is 2.01. The van der Waals surface area contributed by atoms with Gasteiger partial charge in [0, 0.05) is 6.07 Å². The molecule has 0 saturated heterocycles. The molecule has 1 aromatic carbocycles. The summed E-state index contributed by atoms with van der Waals surface area (Å²) in [5.74, 6) is -0.0970. The van der Waals surface area contributed by atoms with Crippen LogP contribution in [0.3, 0.4) is 0 Å². The molecule has 0 spiro atoms. The highest BCUT2D eigenvalue weighted by Crippen LogP contribution is 2.32. The monoisotopic (exact) mass is 217 g/mol. The molecule has 0 aliphatic heterocycles. The van der Waals surface area contributed by atoms with Gasteiger partial charge in [-0.15, -0.1) is 0 Å². The Hall–Kier alpha value is -2.60. The highest BCUT2D eigenvalue weighted by molar-refractivity contribution is 5.60. The van der Waals surface area contributed by atoms with Crippen molar-refractivity contribution in [2.24, 2.45) is 0 Å². The van der Waals surface area contributed by atoms with Crippen molar-refractivity contribution >= 4 is 5.69 Å². The standard InChI is InChI=1S/C10H7N3O3/c1-16-10-8(6-12)7(4-5-11)2-3-9(10)13(14)15/h2-3H,4H2,1H3. The lowest BCUT2D eigenvalue weighted by Crippen LogP contribution is -1.99. The Labute approximate surface area is 91.4 Å². The average molecular weight is 217 g/mol. The Bertz CT molecular complexity index is 511. The molecule has 16 heavy (non-hydrogen) atoms. The van der Waals surface area contributed by atoms with Gasteiger partial charge in [0.25, 0.3) is 0 Å². The van der Waals surface area contributed by atoms with Crippen LogP contribution < -0.4 is 4.74 Å².